The van der Waals surface area contributed by atoms with Gasteiger partial charge in [0, 0.05) is 24.0 Å². The Balaban J connectivity index is 2.79. The Kier molecular flexibility index (Phi) is 6.19. The number of ether oxygens (including phenoxy) is 1. The van der Waals surface area contributed by atoms with E-state index in [2.05, 4.69) is 22.9 Å². The van der Waals surface area contributed by atoms with Crippen LogP contribution in [0.1, 0.15) is 30.6 Å². The molecule has 1 amide bonds. The Morgan fingerprint density at radius 2 is 2.22 bits per heavy atom. The molecule has 100 valence electrons. The van der Waals surface area contributed by atoms with Crippen LogP contribution >= 0.6 is 15.9 Å². The fourth-order valence-electron chi connectivity index (χ4n) is 1.45. The van der Waals surface area contributed by atoms with Crippen LogP contribution in [0.3, 0.4) is 0 Å². The summed E-state index contributed by atoms with van der Waals surface area (Å²) in [4.78, 5) is 14.0. The van der Waals surface area contributed by atoms with Crippen LogP contribution in [-0.4, -0.2) is 35.8 Å². The standard InChI is InChI=1S/C14H20BrNO2/c1-4-8-18-13-7-5-6-12(9-13)14(17)16(3)11(2)10-15/h5-7,9,11H,4,8,10H2,1-3H3. The molecule has 0 spiro atoms. The Hall–Kier alpha value is -1.03. The SMILES string of the molecule is CCCOc1cccc(C(=O)N(C)C(C)CBr)c1. The second-order valence-corrected chi connectivity index (χ2v) is 4.94. The van der Waals surface area contributed by atoms with Crippen LogP contribution in [0, 0.1) is 0 Å². The number of rotatable bonds is 6. The lowest BCUT2D eigenvalue weighted by Gasteiger charge is -2.23. The third-order valence-corrected chi connectivity index (χ3v) is 3.70. The van der Waals surface area contributed by atoms with Crippen molar-refractivity contribution >= 4 is 21.8 Å². The molecule has 4 heteroatoms. The maximum atomic E-state index is 12.2. The second-order valence-electron chi connectivity index (χ2n) is 4.30. The smallest absolute Gasteiger partial charge is 0.253 e. The summed E-state index contributed by atoms with van der Waals surface area (Å²) in [5.41, 5.74) is 0.666. The van der Waals surface area contributed by atoms with Gasteiger partial charge in [-0.1, -0.05) is 28.9 Å². The monoisotopic (exact) mass is 313 g/mol. The first-order valence-corrected chi connectivity index (χ1v) is 7.28. The molecule has 0 aliphatic heterocycles. The number of benzene rings is 1. The van der Waals surface area contributed by atoms with Crippen molar-refractivity contribution in [2.45, 2.75) is 26.3 Å². The highest BCUT2D eigenvalue weighted by molar-refractivity contribution is 9.09. The number of alkyl halides is 1. The normalized spacial score (nSPS) is 12.0. The van der Waals surface area contributed by atoms with E-state index in [0.29, 0.717) is 12.2 Å². The molecule has 18 heavy (non-hydrogen) atoms. The van der Waals surface area contributed by atoms with E-state index in [-0.39, 0.29) is 11.9 Å². The van der Waals surface area contributed by atoms with Crippen molar-refractivity contribution in [3.05, 3.63) is 29.8 Å². The Labute approximate surface area is 117 Å². The van der Waals surface area contributed by atoms with Gasteiger partial charge in [0.05, 0.1) is 6.61 Å². The Morgan fingerprint density at radius 3 is 2.83 bits per heavy atom. The Morgan fingerprint density at radius 1 is 1.50 bits per heavy atom. The molecule has 1 aromatic carbocycles. The van der Waals surface area contributed by atoms with Crippen LogP contribution in [0.5, 0.6) is 5.75 Å². The predicted octanol–water partition coefficient (Wildman–Crippen LogP) is 3.33. The summed E-state index contributed by atoms with van der Waals surface area (Å²) in [5.74, 6) is 0.770. The lowest BCUT2D eigenvalue weighted by Crippen LogP contribution is -2.36. The molecular weight excluding hydrogens is 294 g/mol. The molecule has 0 aromatic heterocycles. The molecular formula is C14H20BrNO2. The number of amides is 1. The van der Waals surface area contributed by atoms with Crippen molar-refractivity contribution in [2.75, 3.05) is 19.0 Å². The summed E-state index contributed by atoms with van der Waals surface area (Å²) in [7, 11) is 1.81. The van der Waals surface area contributed by atoms with E-state index < -0.39 is 0 Å². The van der Waals surface area contributed by atoms with Gasteiger partial charge < -0.3 is 9.64 Å². The van der Waals surface area contributed by atoms with Crippen molar-refractivity contribution in [2.24, 2.45) is 0 Å². The van der Waals surface area contributed by atoms with Gasteiger partial charge in [-0.15, -0.1) is 0 Å². The first kappa shape index (κ1) is 15.0. The third kappa shape index (κ3) is 4.02. The molecule has 0 aliphatic rings. The highest BCUT2D eigenvalue weighted by Gasteiger charge is 2.16. The van der Waals surface area contributed by atoms with Gasteiger partial charge in [-0.25, -0.2) is 0 Å². The number of hydrogen-bond acceptors (Lipinski definition) is 2. The summed E-state index contributed by atoms with van der Waals surface area (Å²) >= 11 is 3.39. The molecule has 0 heterocycles. The molecule has 1 rings (SSSR count). The molecule has 0 saturated carbocycles. The summed E-state index contributed by atoms with van der Waals surface area (Å²) < 4.78 is 5.53. The summed E-state index contributed by atoms with van der Waals surface area (Å²) in [6, 6.07) is 7.51. The first-order valence-electron chi connectivity index (χ1n) is 6.16. The van der Waals surface area contributed by atoms with Crippen LogP contribution in [0.2, 0.25) is 0 Å². The summed E-state index contributed by atoms with van der Waals surface area (Å²) in [6.07, 6.45) is 0.957. The van der Waals surface area contributed by atoms with Crippen molar-refractivity contribution in [1.82, 2.24) is 4.90 Å². The predicted molar refractivity (Wildman–Crippen MR) is 77.6 cm³/mol. The maximum absolute atomic E-state index is 12.2. The minimum absolute atomic E-state index is 0.0175. The van der Waals surface area contributed by atoms with Crippen molar-refractivity contribution < 1.29 is 9.53 Å². The molecule has 0 saturated heterocycles. The van der Waals surface area contributed by atoms with Gasteiger partial charge >= 0.3 is 0 Å². The zero-order chi connectivity index (χ0) is 13.5. The maximum Gasteiger partial charge on any atom is 0.253 e. The van der Waals surface area contributed by atoms with Crippen LogP contribution < -0.4 is 4.74 Å². The molecule has 1 aromatic rings. The quantitative estimate of drug-likeness (QED) is 0.754. The van der Waals surface area contributed by atoms with E-state index in [1.807, 2.05) is 32.2 Å². The van der Waals surface area contributed by atoms with Gasteiger partial charge in [-0.3, -0.25) is 4.79 Å². The number of hydrogen-bond donors (Lipinski definition) is 0. The largest absolute Gasteiger partial charge is 0.494 e. The van der Waals surface area contributed by atoms with E-state index in [1.54, 1.807) is 11.0 Å². The number of carbonyl (C=O) groups excluding carboxylic acids is 1. The van der Waals surface area contributed by atoms with E-state index in [0.717, 1.165) is 17.5 Å². The lowest BCUT2D eigenvalue weighted by molar-refractivity contribution is 0.0757. The van der Waals surface area contributed by atoms with E-state index in [4.69, 9.17) is 4.74 Å². The van der Waals surface area contributed by atoms with E-state index >= 15 is 0 Å². The number of nitrogens with zero attached hydrogens (tertiary/aromatic N) is 1. The number of halogens is 1. The number of carbonyl (C=O) groups is 1. The molecule has 1 unspecified atom stereocenters. The van der Waals surface area contributed by atoms with Gasteiger partial charge in [-0.2, -0.15) is 0 Å². The van der Waals surface area contributed by atoms with Crippen molar-refractivity contribution in [3.63, 3.8) is 0 Å². The zero-order valence-corrected chi connectivity index (χ0v) is 12.7. The van der Waals surface area contributed by atoms with Gasteiger partial charge in [-0.05, 0) is 31.5 Å². The molecule has 0 N–H and O–H groups in total. The highest BCUT2D eigenvalue weighted by Crippen LogP contribution is 2.16. The minimum Gasteiger partial charge on any atom is -0.494 e. The minimum atomic E-state index is 0.0175. The van der Waals surface area contributed by atoms with Crippen molar-refractivity contribution in [3.8, 4) is 5.75 Å². The first-order chi connectivity index (χ1) is 8.60. The highest BCUT2D eigenvalue weighted by atomic mass is 79.9. The molecule has 0 radical (unpaired) electrons. The molecule has 1 atom stereocenters. The molecule has 0 fully saturated rings. The fraction of sp³-hybridized carbons (Fsp3) is 0.500. The average Bonchev–Trinajstić information content (AvgIpc) is 2.42. The van der Waals surface area contributed by atoms with Gasteiger partial charge in [0.25, 0.3) is 5.91 Å². The van der Waals surface area contributed by atoms with Crippen LogP contribution in [0.25, 0.3) is 0 Å². The average molecular weight is 314 g/mol. The van der Waals surface area contributed by atoms with Gasteiger partial charge in [0.1, 0.15) is 5.75 Å². The third-order valence-electron chi connectivity index (χ3n) is 2.76. The molecule has 3 nitrogen and oxygen atoms in total. The van der Waals surface area contributed by atoms with E-state index in [1.165, 1.54) is 0 Å². The van der Waals surface area contributed by atoms with Gasteiger partial charge in [0.15, 0.2) is 0 Å². The van der Waals surface area contributed by atoms with E-state index in [9.17, 15) is 4.79 Å². The summed E-state index contributed by atoms with van der Waals surface area (Å²) in [6.45, 7) is 4.73. The molecule has 0 aliphatic carbocycles. The van der Waals surface area contributed by atoms with Gasteiger partial charge in [0.2, 0.25) is 0 Å². The lowest BCUT2D eigenvalue weighted by atomic mass is 10.1. The van der Waals surface area contributed by atoms with Crippen LogP contribution in [0.4, 0.5) is 0 Å². The summed E-state index contributed by atoms with van der Waals surface area (Å²) in [5, 5.41) is 0.765. The second kappa shape index (κ2) is 7.41. The fourth-order valence-corrected chi connectivity index (χ4v) is 1.88. The van der Waals surface area contributed by atoms with Crippen LogP contribution in [-0.2, 0) is 0 Å². The Bertz CT molecular complexity index is 395. The molecule has 0 bridgehead atoms. The van der Waals surface area contributed by atoms with Crippen molar-refractivity contribution in [1.29, 1.82) is 0 Å². The zero-order valence-electron chi connectivity index (χ0n) is 11.1. The van der Waals surface area contributed by atoms with Crippen LogP contribution in [0.15, 0.2) is 24.3 Å². The topological polar surface area (TPSA) is 29.5 Å².